The maximum Gasteiger partial charge on any atom is 0.248 e. The Morgan fingerprint density at radius 3 is 2.70 bits per heavy atom. The fourth-order valence-electron chi connectivity index (χ4n) is 3.94. The van der Waals surface area contributed by atoms with Gasteiger partial charge in [-0.1, -0.05) is 12.1 Å². The summed E-state index contributed by atoms with van der Waals surface area (Å²) in [7, 11) is 0. The summed E-state index contributed by atoms with van der Waals surface area (Å²) in [6, 6.07) is 10.8. The summed E-state index contributed by atoms with van der Waals surface area (Å²) in [5.41, 5.74) is 9.57. The molecule has 0 saturated carbocycles. The maximum absolute atomic E-state index is 12.3. The quantitative estimate of drug-likeness (QED) is 0.487. The van der Waals surface area contributed by atoms with Gasteiger partial charge in [-0.15, -0.1) is 0 Å². The Labute approximate surface area is 175 Å². The van der Waals surface area contributed by atoms with Gasteiger partial charge in [0, 0.05) is 66.3 Å². The Morgan fingerprint density at radius 2 is 2.03 bits per heavy atom. The Bertz CT molecular complexity index is 969. The summed E-state index contributed by atoms with van der Waals surface area (Å²) in [5, 5.41) is 10.3. The number of carbonyl (C=O) groups excluding carboxylic acids is 1. The smallest absolute Gasteiger partial charge is 0.248 e. The fourth-order valence-corrected chi connectivity index (χ4v) is 3.94. The molecule has 3 heterocycles. The predicted octanol–water partition coefficient (Wildman–Crippen LogP) is 2.66. The summed E-state index contributed by atoms with van der Waals surface area (Å²) < 4.78 is 5.53. The molecule has 2 fully saturated rings. The number of hydrogen-bond donors (Lipinski definition) is 3. The van der Waals surface area contributed by atoms with Crippen molar-refractivity contribution in [3.63, 3.8) is 0 Å². The maximum atomic E-state index is 12.3. The molecule has 0 radical (unpaired) electrons. The zero-order valence-corrected chi connectivity index (χ0v) is 16.6. The standard InChI is InChI=1S/C23H25N5O2/c24-10-18(11-25)22-7-8-26-12-17(22)3-6-23(29)27-19-4-1-16(2-5-19)13-28-20-9-21(28)15-30-14-20/h1-8,10-12,20-21,24H,9,13-15,25H2,(H,27,29)/b6-3+,18-11?,24-10?. The van der Waals surface area contributed by atoms with E-state index in [4.69, 9.17) is 15.9 Å². The van der Waals surface area contributed by atoms with E-state index in [1.54, 1.807) is 24.5 Å². The second kappa shape index (κ2) is 9.02. The minimum Gasteiger partial charge on any atom is -0.404 e. The van der Waals surface area contributed by atoms with Crippen LogP contribution in [0.15, 0.2) is 55.0 Å². The van der Waals surface area contributed by atoms with Crippen LogP contribution in [0.4, 0.5) is 5.69 Å². The predicted molar refractivity (Wildman–Crippen MR) is 118 cm³/mol. The van der Waals surface area contributed by atoms with Gasteiger partial charge in [-0.2, -0.15) is 0 Å². The number of ether oxygens (including phenoxy) is 1. The monoisotopic (exact) mass is 403 g/mol. The Hall–Kier alpha value is -3.29. The van der Waals surface area contributed by atoms with Gasteiger partial charge in [0.2, 0.25) is 5.91 Å². The number of carbonyl (C=O) groups is 1. The van der Waals surface area contributed by atoms with Crippen LogP contribution < -0.4 is 11.1 Å². The Balaban J connectivity index is 1.36. The lowest BCUT2D eigenvalue weighted by Crippen LogP contribution is -2.62. The first-order chi connectivity index (χ1) is 14.7. The molecule has 7 heteroatoms. The van der Waals surface area contributed by atoms with Gasteiger partial charge in [0.15, 0.2) is 0 Å². The summed E-state index contributed by atoms with van der Waals surface area (Å²) in [6.45, 7) is 2.58. The van der Waals surface area contributed by atoms with Crippen LogP contribution in [0.3, 0.4) is 0 Å². The highest BCUT2D eigenvalue weighted by atomic mass is 16.5. The van der Waals surface area contributed by atoms with E-state index in [0.29, 0.717) is 23.2 Å². The molecular formula is C23H25N5O2. The van der Waals surface area contributed by atoms with Gasteiger partial charge in [0.25, 0.3) is 0 Å². The molecule has 1 aromatic heterocycles. The number of anilines is 1. The number of amides is 1. The third-order valence-electron chi connectivity index (χ3n) is 5.60. The van der Waals surface area contributed by atoms with Crippen molar-refractivity contribution >= 4 is 29.5 Å². The first-order valence-corrected chi connectivity index (χ1v) is 9.96. The van der Waals surface area contributed by atoms with E-state index < -0.39 is 0 Å². The lowest BCUT2D eigenvalue weighted by Gasteiger charge is -2.52. The molecule has 154 valence electrons. The number of morpholine rings is 1. The zero-order valence-electron chi connectivity index (χ0n) is 16.6. The largest absolute Gasteiger partial charge is 0.404 e. The zero-order chi connectivity index (χ0) is 20.9. The highest BCUT2D eigenvalue weighted by molar-refractivity contribution is 6.10. The summed E-state index contributed by atoms with van der Waals surface area (Å²) in [6.07, 6.45) is 10.2. The molecular weight excluding hydrogens is 378 g/mol. The van der Waals surface area contributed by atoms with Crippen molar-refractivity contribution in [2.75, 3.05) is 18.5 Å². The van der Waals surface area contributed by atoms with Gasteiger partial charge in [-0.3, -0.25) is 14.7 Å². The minimum absolute atomic E-state index is 0.236. The van der Waals surface area contributed by atoms with Crippen molar-refractivity contribution in [3.8, 4) is 0 Å². The number of nitrogens with two attached hydrogens (primary N) is 1. The molecule has 1 aromatic carbocycles. The molecule has 2 bridgehead atoms. The minimum atomic E-state index is -0.236. The first kappa shape index (κ1) is 20.0. The lowest BCUT2D eigenvalue weighted by molar-refractivity contribution is -0.131. The Kier molecular flexibility index (Phi) is 6.02. The lowest BCUT2D eigenvalue weighted by atomic mass is 9.90. The molecule has 2 unspecified atom stereocenters. The summed E-state index contributed by atoms with van der Waals surface area (Å²) in [4.78, 5) is 18.9. The van der Waals surface area contributed by atoms with Crippen LogP contribution in [0.1, 0.15) is 23.1 Å². The van der Waals surface area contributed by atoms with E-state index in [9.17, 15) is 4.79 Å². The topological polar surface area (TPSA) is 104 Å². The number of rotatable bonds is 7. The average molecular weight is 403 g/mol. The third kappa shape index (κ3) is 4.32. The second-order valence-corrected chi connectivity index (χ2v) is 7.50. The molecule has 2 aliphatic rings. The number of nitrogens with one attached hydrogen (secondary N) is 2. The number of allylic oxidation sites excluding steroid dienone is 1. The highest BCUT2D eigenvalue weighted by Crippen LogP contribution is 2.32. The molecule has 4 N–H and O–H groups in total. The molecule has 2 atom stereocenters. The summed E-state index contributed by atoms with van der Waals surface area (Å²) in [5.74, 6) is -0.236. The number of aromatic nitrogens is 1. The van der Waals surface area contributed by atoms with Gasteiger partial charge in [0.1, 0.15) is 0 Å². The van der Waals surface area contributed by atoms with E-state index in [-0.39, 0.29) is 5.91 Å². The SMILES string of the molecule is N=CC(=CN)c1ccncc1/C=C/C(=O)Nc1ccc(CN2C3COCC2C3)cc1. The van der Waals surface area contributed by atoms with E-state index in [1.165, 1.54) is 30.5 Å². The average Bonchev–Trinajstić information content (AvgIpc) is 2.79. The summed E-state index contributed by atoms with van der Waals surface area (Å²) >= 11 is 0. The second-order valence-electron chi connectivity index (χ2n) is 7.50. The van der Waals surface area contributed by atoms with Crippen LogP contribution in [0.2, 0.25) is 0 Å². The van der Waals surface area contributed by atoms with Crippen LogP contribution in [-0.4, -0.2) is 47.3 Å². The van der Waals surface area contributed by atoms with E-state index >= 15 is 0 Å². The fraction of sp³-hybridized carbons (Fsp3) is 0.261. The van der Waals surface area contributed by atoms with Crippen LogP contribution in [0.5, 0.6) is 0 Å². The molecule has 1 amide bonds. The number of pyridine rings is 1. The van der Waals surface area contributed by atoms with Crippen molar-refractivity contribution in [1.82, 2.24) is 9.88 Å². The first-order valence-electron chi connectivity index (χ1n) is 9.96. The number of benzene rings is 1. The van der Waals surface area contributed by atoms with Crippen molar-refractivity contribution < 1.29 is 9.53 Å². The van der Waals surface area contributed by atoms with Crippen LogP contribution in [-0.2, 0) is 16.1 Å². The van der Waals surface area contributed by atoms with Crippen molar-refractivity contribution in [3.05, 3.63) is 71.7 Å². The molecule has 30 heavy (non-hydrogen) atoms. The van der Waals surface area contributed by atoms with Crippen molar-refractivity contribution in [2.24, 2.45) is 5.73 Å². The van der Waals surface area contributed by atoms with Gasteiger partial charge in [-0.25, -0.2) is 0 Å². The van der Waals surface area contributed by atoms with Crippen molar-refractivity contribution in [1.29, 1.82) is 5.41 Å². The molecule has 2 aliphatic heterocycles. The molecule has 0 spiro atoms. The van der Waals surface area contributed by atoms with Gasteiger partial charge >= 0.3 is 0 Å². The van der Waals surface area contributed by atoms with Gasteiger partial charge < -0.3 is 21.2 Å². The van der Waals surface area contributed by atoms with E-state index in [2.05, 4.69) is 27.3 Å². The molecule has 2 saturated heterocycles. The van der Waals surface area contributed by atoms with Crippen molar-refractivity contribution in [2.45, 2.75) is 25.0 Å². The highest BCUT2D eigenvalue weighted by Gasteiger charge is 2.41. The van der Waals surface area contributed by atoms with Crippen LogP contribution >= 0.6 is 0 Å². The van der Waals surface area contributed by atoms with Gasteiger partial charge in [-0.05, 0) is 41.8 Å². The molecule has 4 rings (SSSR count). The Morgan fingerprint density at radius 1 is 1.27 bits per heavy atom. The molecule has 2 aromatic rings. The number of hydrogen-bond acceptors (Lipinski definition) is 6. The van der Waals surface area contributed by atoms with Gasteiger partial charge in [0.05, 0.1) is 13.2 Å². The third-order valence-corrected chi connectivity index (χ3v) is 5.60. The number of nitrogens with zero attached hydrogens (tertiary/aromatic N) is 2. The molecule has 7 nitrogen and oxygen atoms in total. The van der Waals surface area contributed by atoms with Crippen LogP contribution in [0.25, 0.3) is 11.6 Å². The van der Waals surface area contributed by atoms with E-state index in [1.807, 2.05) is 12.1 Å². The number of fused-ring (bicyclic) bond motifs is 2. The normalized spacial score (nSPS) is 21.3. The van der Waals surface area contributed by atoms with Crippen LogP contribution in [0, 0.1) is 5.41 Å². The van der Waals surface area contributed by atoms with E-state index in [0.717, 1.165) is 31.0 Å². The molecule has 0 aliphatic carbocycles.